The monoisotopic (exact) mass is 336 g/mol. The molecule has 4 nitrogen and oxygen atoms in total. The summed E-state index contributed by atoms with van der Waals surface area (Å²) in [5.74, 6) is -0.354. The van der Waals surface area contributed by atoms with Gasteiger partial charge in [0.25, 0.3) is 0 Å². The number of carbonyl (C=O) groups excluding carboxylic acids is 1. The van der Waals surface area contributed by atoms with E-state index in [0.29, 0.717) is 8.95 Å². The number of aromatic hydroxyl groups is 1. The first kappa shape index (κ1) is 12.5. The number of benzene rings is 1. The van der Waals surface area contributed by atoms with Crippen LogP contribution in [0.25, 0.3) is 0 Å². The van der Waals surface area contributed by atoms with Crippen LogP contribution in [0.5, 0.6) is 5.75 Å². The van der Waals surface area contributed by atoms with Crippen LogP contribution in [-0.2, 0) is 4.79 Å². The van der Waals surface area contributed by atoms with E-state index in [-0.39, 0.29) is 12.2 Å². The van der Waals surface area contributed by atoms with Gasteiger partial charge in [-0.05, 0) is 49.6 Å². The van der Waals surface area contributed by atoms with Gasteiger partial charge >= 0.3 is 0 Å². The van der Waals surface area contributed by atoms with E-state index >= 15 is 0 Å². The van der Waals surface area contributed by atoms with Gasteiger partial charge in [0, 0.05) is 12.5 Å². The normalized spacial score (nSPS) is 12.5. The zero-order valence-electron chi connectivity index (χ0n) is 7.71. The van der Waals surface area contributed by atoms with Gasteiger partial charge in [0.1, 0.15) is 5.75 Å². The Morgan fingerprint density at radius 3 is 2.27 bits per heavy atom. The highest BCUT2D eigenvalue weighted by molar-refractivity contribution is 9.11. The summed E-state index contributed by atoms with van der Waals surface area (Å²) >= 11 is 6.36. The van der Waals surface area contributed by atoms with Crippen LogP contribution < -0.4 is 11.5 Å². The first-order valence-corrected chi connectivity index (χ1v) is 5.72. The Labute approximate surface area is 104 Å². The van der Waals surface area contributed by atoms with Gasteiger partial charge in [-0.3, -0.25) is 4.79 Å². The zero-order chi connectivity index (χ0) is 11.6. The molecule has 0 heterocycles. The summed E-state index contributed by atoms with van der Waals surface area (Å²) in [5.41, 5.74) is 11.5. The SMILES string of the molecule is NC(=O)CC(N)c1cc(Br)c(O)c(Br)c1. The Morgan fingerprint density at radius 1 is 1.40 bits per heavy atom. The molecule has 0 saturated carbocycles. The van der Waals surface area contributed by atoms with Crippen molar-refractivity contribution in [1.82, 2.24) is 0 Å². The summed E-state index contributed by atoms with van der Waals surface area (Å²) in [6, 6.07) is 2.86. The quantitative estimate of drug-likeness (QED) is 0.785. The molecule has 0 spiro atoms. The highest BCUT2D eigenvalue weighted by Gasteiger charge is 2.13. The van der Waals surface area contributed by atoms with E-state index in [1.54, 1.807) is 12.1 Å². The van der Waals surface area contributed by atoms with E-state index in [2.05, 4.69) is 31.9 Å². The molecule has 0 aliphatic rings. The fourth-order valence-corrected chi connectivity index (χ4v) is 2.36. The van der Waals surface area contributed by atoms with Gasteiger partial charge < -0.3 is 16.6 Å². The maximum Gasteiger partial charge on any atom is 0.219 e. The van der Waals surface area contributed by atoms with Crippen LogP contribution in [0.1, 0.15) is 18.0 Å². The summed E-state index contributed by atoms with van der Waals surface area (Å²) < 4.78 is 1.04. The van der Waals surface area contributed by atoms with Crippen molar-refractivity contribution in [1.29, 1.82) is 0 Å². The van der Waals surface area contributed by atoms with E-state index in [4.69, 9.17) is 11.5 Å². The molecule has 5 N–H and O–H groups in total. The smallest absolute Gasteiger partial charge is 0.219 e. The standard InChI is InChI=1S/C9H10Br2N2O2/c10-5-1-4(2-6(11)9(5)15)7(12)3-8(13)14/h1-2,7,15H,3,12H2,(H2,13,14). The van der Waals surface area contributed by atoms with Crippen molar-refractivity contribution in [3.63, 3.8) is 0 Å². The zero-order valence-corrected chi connectivity index (χ0v) is 10.9. The highest BCUT2D eigenvalue weighted by atomic mass is 79.9. The third-order valence-corrected chi connectivity index (χ3v) is 3.10. The molecular formula is C9H10Br2N2O2. The average molecular weight is 338 g/mol. The largest absolute Gasteiger partial charge is 0.506 e. The second-order valence-electron chi connectivity index (χ2n) is 3.11. The molecule has 6 heteroatoms. The highest BCUT2D eigenvalue weighted by Crippen LogP contribution is 2.35. The first-order valence-electron chi connectivity index (χ1n) is 4.13. The van der Waals surface area contributed by atoms with Gasteiger partial charge in [-0.2, -0.15) is 0 Å². The molecule has 15 heavy (non-hydrogen) atoms. The van der Waals surface area contributed by atoms with Gasteiger partial charge in [0.2, 0.25) is 5.91 Å². The lowest BCUT2D eigenvalue weighted by Gasteiger charge is -2.12. The van der Waals surface area contributed by atoms with E-state index < -0.39 is 11.9 Å². The number of amides is 1. The molecule has 1 rings (SSSR count). The number of primary amides is 1. The van der Waals surface area contributed by atoms with E-state index in [0.717, 1.165) is 5.56 Å². The first-order chi connectivity index (χ1) is 6.91. The van der Waals surface area contributed by atoms with Crippen LogP contribution >= 0.6 is 31.9 Å². The Morgan fingerprint density at radius 2 is 1.87 bits per heavy atom. The van der Waals surface area contributed by atoms with Crippen molar-refractivity contribution in [2.45, 2.75) is 12.5 Å². The number of rotatable bonds is 3. The second kappa shape index (κ2) is 4.96. The molecule has 0 aliphatic carbocycles. The Hall–Kier alpha value is -0.590. The molecule has 0 aliphatic heterocycles. The van der Waals surface area contributed by atoms with Crippen molar-refractivity contribution in [3.05, 3.63) is 26.6 Å². The number of hydrogen-bond acceptors (Lipinski definition) is 3. The van der Waals surface area contributed by atoms with Crippen molar-refractivity contribution in [3.8, 4) is 5.75 Å². The summed E-state index contributed by atoms with van der Waals surface area (Å²) in [5, 5.41) is 9.47. The van der Waals surface area contributed by atoms with Crippen molar-refractivity contribution in [2.24, 2.45) is 11.5 Å². The Kier molecular flexibility index (Phi) is 4.12. The van der Waals surface area contributed by atoms with E-state index in [1.807, 2.05) is 0 Å². The molecule has 0 fully saturated rings. The lowest BCUT2D eigenvalue weighted by Crippen LogP contribution is -2.20. The van der Waals surface area contributed by atoms with Crippen LogP contribution in [0.3, 0.4) is 0 Å². The molecule has 1 aromatic carbocycles. The van der Waals surface area contributed by atoms with Crippen LogP contribution in [-0.4, -0.2) is 11.0 Å². The summed E-state index contributed by atoms with van der Waals surface area (Å²) in [7, 11) is 0. The van der Waals surface area contributed by atoms with Crippen LogP contribution in [0.15, 0.2) is 21.1 Å². The topological polar surface area (TPSA) is 89.3 Å². The maximum absolute atomic E-state index is 10.7. The van der Waals surface area contributed by atoms with Crippen molar-refractivity contribution < 1.29 is 9.90 Å². The third kappa shape index (κ3) is 3.19. The molecule has 1 amide bonds. The fourth-order valence-electron chi connectivity index (χ4n) is 1.13. The minimum absolute atomic E-state index is 0.0731. The molecular weight excluding hydrogens is 328 g/mol. The summed E-state index contributed by atoms with van der Waals surface area (Å²) in [6.07, 6.45) is 0.0731. The molecule has 82 valence electrons. The average Bonchev–Trinajstić information content (AvgIpc) is 2.12. The van der Waals surface area contributed by atoms with Gasteiger partial charge in [-0.15, -0.1) is 0 Å². The van der Waals surface area contributed by atoms with Crippen LogP contribution in [0.4, 0.5) is 0 Å². The van der Waals surface area contributed by atoms with Gasteiger partial charge in [-0.25, -0.2) is 0 Å². The molecule has 0 aromatic heterocycles. The Balaban J connectivity index is 3.00. The molecule has 1 unspecified atom stereocenters. The van der Waals surface area contributed by atoms with E-state index in [1.165, 1.54) is 0 Å². The number of hydrogen-bond donors (Lipinski definition) is 3. The minimum Gasteiger partial charge on any atom is -0.506 e. The number of carbonyl (C=O) groups is 1. The molecule has 0 radical (unpaired) electrons. The predicted molar refractivity (Wildman–Crippen MR) is 64.2 cm³/mol. The van der Waals surface area contributed by atoms with Gasteiger partial charge in [-0.1, -0.05) is 0 Å². The fraction of sp³-hybridized carbons (Fsp3) is 0.222. The summed E-state index contributed by atoms with van der Waals surface area (Å²) in [6.45, 7) is 0. The lowest BCUT2D eigenvalue weighted by atomic mass is 10.0. The number of phenolic OH excluding ortho intramolecular Hbond substituents is 1. The second-order valence-corrected chi connectivity index (χ2v) is 4.82. The number of nitrogens with two attached hydrogens (primary N) is 2. The predicted octanol–water partition coefficient (Wildman–Crippen LogP) is 1.79. The maximum atomic E-state index is 10.7. The number of phenols is 1. The van der Waals surface area contributed by atoms with E-state index in [9.17, 15) is 9.90 Å². The van der Waals surface area contributed by atoms with Crippen LogP contribution in [0, 0.1) is 0 Å². The Bertz CT molecular complexity index is 373. The number of halogens is 2. The molecule has 0 bridgehead atoms. The molecule has 0 saturated heterocycles. The molecule has 1 aromatic rings. The van der Waals surface area contributed by atoms with Gasteiger partial charge in [0.15, 0.2) is 0 Å². The summed E-state index contributed by atoms with van der Waals surface area (Å²) in [4.78, 5) is 10.7. The third-order valence-electron chi connectivity index (χ3n) is 1.89. The van der Waals surface area contributed by atoms with Gasteiger partial charge in [0.05, 0.1) is 8.95 Å². The van der Waals surface area contributed by atoms with Crippen LogP contribution in [0.2, 0.25) is 0 Å². The molecule has 1 atom stereocenters. The lowest BCUT2D eigenvalue weighted by molar-refractivity contribution is -0.118. The minimum atomic E-state index is -0.462. The van der Waals surface area contributed by atoms with Crippen molar-refractivity contribution >= 4 is 37.8 Å². The van der Waals surface area contributed by atoms with Crippen molar-refractivity contribution in [2.75, 3.05) is 0 Å².